The van der Waals surface area contributed by atoms with Gasteiger partial charge in [0.25, 0.3) is 5.56 Å². The number of hydrogen-bond acceptors (Lipinski definition) is 18. The van der Waals surface area contributed by atoms with Crippen LogP contribution in [0.4, 0.5) is 10.7 Å². The van der Waals surface area contributed by atoms with Crippen molar-refractivity contribution < 1.29 is 75.4 Å². The molecular formula is C28H43N8O17P3S. The first-order valence-corrected chi connectivity index (χ1v) is 23.3. The number of nitrogen functional groups attached to an aromatic ring is 1. The van der Waals surface area contributed by atoms with Gasteiger partial charge in [-0.2, -0.15) is 25.4 Å². The fourth-order valence-electron chi connectivity index (χ4n) is 7.34. The number of carbonyl (C=O) groups is 3. The predicted octanol–water partition coefficient (Wildman–Crippen LogP) is -0.0642. The third kappa shape index (κ3) is 9.92. The van der Waals surface area contributed by atoms with Crippen LogP contribution in [0.25, 0.3) is 11.2 Å². The maximum Gasteiger partial charge on any atom is 0.538 e. The fraction of sp³-hybridized carbons (Fsp3) is 0.714. The summed E-state index contributed by atoms with van der Waals surface area (Å²) in [6, 6.07) is 0.111. The number of nitrogens with zero attached hydrogens (tertiary/aromatic N) is 3. The smallest absolute Gasteiger partial charge is 0.387 e. The third-order valence-electron chi connectivity index (χ3n) is 9.98. The van der Waals surface area contributed by atoms with E-state index in [0.717, 1.165) is 29.5 Å². The van der Waals surface area contributed by atoms with Gasteiger partial charge in [-0.05, 0) is 32.1 Å². The molecule has 4 fully saturated rings. The minimum atomic E-state index is -5.97. The first-order valence-electron chi connectivity index (χ1n) is 17.8. The minimum absolute atomic E-state index is 0.0770. The number of amides is 3. The molecule has 6 heterocycles. The maximum atomic E-state index is 12.6. The summed E-state index contributed by atoms with van der Waals surface area (Å²) in [7, 11) is -17.3. The predicted molar refractivity (Wildman–Crippen MR) is 195 cm³/mol. The lowest BCUT2D eigenvalue weighted by Gasteiger charge is -2.33. The number of imidazole rings is 1. The second-order valence-electron chi connectivity index (χ2n) is 14.0. The largest absolute Gasteiger partial charge is 0.538 e. The number of unbranched alkanes of at least 4 members (excludes halogenated alkanes) is 3. The number of carbonyl (C=O) groups excluding carboxylic acids is 3. The first-order chi connectivity index (χ1) is 26.7. The average molecular weight is 889 g/mol. The fourth-order valence-corrected chi connectivity index (χ4v) is 12.4. The van der Waals surface area contributed by atoms with E-state index in [0.29, 0.717) is 37.5 Å². The number of aliphatic hydroxyl groups is 2. The van der Waals surface area contributed by atoms with Crippen molar-refractivity contribution in [2.45, 2.75) is 105 Å². The van der Waals surface area contributed by atoms with Gasteiger partial charge in [0.15, 0.2) is 16.9 Å². The van der Waals surface area contributed by atoms with E-state index in [1.807, 2.05) is 0 Å². The number of urea groups is 1. The van der Waals surface area contributed by atoms with Gasteiger partial charge in [-0.15, -0.1) is 0 Å². The quantitative estimate of drug-likeness (QED) is 0.0473. The molecule has 2 bridgehead atoms. The standard InChI is InChI=1S/C28H43N8O17P3S/c29-25-34-23-20(24(41)35-25)31-14-36(23)28-10-9-27(51-28,21(39)22(28)40)13-49-54(43,44)52-56(47,48)53-55(45,46)50-18(38)8-2-1-5-11-30-17(37)7-4-3-6-16-19-15(12-57-16)32-26(42)33-19/h14-16,19,21-22,39-40H,1-13H2,(H,30,37)(H,43,44)(H,45,46)(H,47,48)(H2,32,33,42)(H3,29,34,35,41). The van der Waals surface area contributed by atoms with E-state index in [1.54, 1.807) is 11.8 Å². The number of thioether (sulfide) groups is 1. The summed E-state index contributed by atoms with van der Waals surface area (Å²) in [6.07, 6.45) is 0.640. The molecule has 0 radical (unpaired) electrons. The molecule has 10 unspecified atom stereocenters. The molecule has 11 N–H and O–H groups in total. The molecule has 6 rings (SSSR count). The number of aliphatic hydroxyl groups excluding tert-OH is 2. The number of ether oxygens (including phenoxy) is 1. The van der Waals surface area contributed by atoms with Gasteiger partial charge in [0, 0.05) is 36.8 Å². The van der Waals surface area contributed by atoms with E-state index in [2.05, 4.69) is 44.0 Å². The van der Waals surface area contributed by atoms with Crippen LogP contribution in [0.2, 0.25) is 0 Å². The van der Waals surface area contributed by atoms with Crippen molar-refractivity contribution in [1.82, 2.24) is 35.5 Å². The SMILES string of the molecule is Nc1nc2c(ncn2C23CCC(COP(=O)(O)OP(=O)(O)OP(=O)(O)OC(=O)CCCCCNC(=O)CCCCC4SCC5NC(=O)NC54)(O2)C(O)C3O)c(=O)[nH]1. The number of aromatic amines is 1. The number of anilines is 1. The van der Waals surface area contributed by atoms with Crippen LogP contribution >= 0.6 is 35.2 Å². The van der Waals surface area contributed by atoms with Crippen LogP contribution in [-0.4, -0.2) is 116 Å². The summed E-state index contributed by atoms with van der Waals surface area (Å²) in [5.41, 5.74) is 0.929. The molecule has 0 spiro atoms. The zero-order valence-corrected chi connectivity index (χ0v) is 33.5. The Morgan fingerprint density at radius 3 is 2.51 bits per heavy atom. The molecule has 4 aliphatic heterocycles. The molecule has 3 amide bonds. The summed E-state index contributed by atoms with van der Waals surface area (Å²) in [6.45, 7) is -0.727. The molecule has 318 valence electrons. The van der Waals surface area contributed by atoms with Crippen LogP contribution in [0.5, 0.6) is 0 Å². The van der Waals surface area contributed by atoms with E-state index in [9.17, 15) is 57.8 Å². The number of nitrogens with one attached hydrogen (secondary N) is 4. The molecule has 2 aromatic rings. The monoisotopic (exact) mass is 888 g/mol. The van der Waals surface area contributed by atoms with Gasteiger partial charge in [-0.3, -0.25) is 33.4 Å². The molecule has 0 aromatic carbocycles. The molecule has 0 aliphatic carbocycles. The van der Waals surface area contributed by atoms with Crippen molar-refractivity contribution in [3.05, 3.63) is 16.7 Å². The van der Waals surface area contributed by atoms with E-state index in [1.165, 1.54) is 0 Å². The normalized spacial score (nSPS) is 30.9. The van der Waals surface area contributed by atoms with E-state index in [-0.39, 0.29) is 60.4 Å². The lowest BCUT2D eigenvalue weighted by molar-refractivity contribution is -0.137. The topological polar surface area (TPSA) is 375 Å². The number of H-pyrrole nitrogens is 1. The lowest BCUT2D eigenvalue weighted by Crippen LogP contribution is -2.51. The zero-order chi connectivity index (χ0) is 41.4. The highest BCUT2D eigenvalue weighted by Crippen LogP contribution is 2.68. The van der Waals surface area contributed by atoms with Gasteiger partial charge in [-0.25, -0.2) is 23.5 Å². The first kappa shape index (κ1) is 43.6. The van der Waals surface area contributed by atoms with Gasteiger partial charge < -0.3 is 50.9 Å². The Hall–Kier alpha value is -2.96. The number of nitrogens with two attached hydrogens (primary N) is 1. The Morgan fingerprint density at radius 2 is 1.74 bits per heavy atom. The van der Waals surface area contributed by atoms with Crippen molar-refractivity contribution >= 4 is 70.2 Å². The van der Waals surface area contributed by atoms with Crippen LogP contribution in [0.1, 0.15) is 64.2 Å². The molecule has 4 saturated heterocycles. The summed E-state index contributed by atoms with van der Waals surface area (Å²) >= 11 is 1.80. The molecular weight excluding hydrogens is 845 g/mol. The van der Waals surface area contributed by atoms with Crippen LogP contribution in [0, 0.1) is 0 Å². The van der Waals surface area contributed by atoms with E-state index in [4.69, 9.17) is 15.0 Å². The van der Waals surface area contributed by atoms with Gasteiger partial charge in [0.05, 0.1) is 25.0 Å². The van der Waals surface area contributed by atoms with Crippen molar-refractivity contribution in [3.8, 4) is 0 Å². The van der Waals surface area contributed by atoms with Gasteiger partial charge in [0.1, 0.15) is 17.8 Å². The second-order valence-corrected chi connectivity index (χ2v) is 19.8. The number of phosphoric acid groups is 3. The third-order valence-corrected chi connectivity index (χ3v) is 15.7. The van der Waals surface area contributed by atoms with Crippen molar-refractivity contribution in [3.63, 3.8) is 0 Å². The summed E-state index contributed by atoms with van der Waals surface area (Å²) < 4.78 is 61.6. The molecule has 0 saturated carbocycles. The number of rotatable bonds is 20. The van der Waals surface area contributed by atoms with E-state index >= 15 is 0 Å². The summed E-state index contributed by atoms with van der Waals surface area (Å²) in [5.74, 6) is -0.869. The van der Waals surface area contributed by atoms with Gasteiger partial charge in [0.2, 0.25) is 11.9 Å². The molecule has 4 aliphatic rings. The highest BCUT2D eigenvalue weighted by atomic mass is 32.2. The van der Waals surface area contributed by atoms with Crippen molar-refractivity contribution in [2.24, 2.45) is 0 Å². The van der Waals surface area contributed by atoms with Crippen LogP contribution in [0.15, 0.2) is 11.1 Å². The van der Waals surface area contributed by atoms with Crippen LogP contribution in [-0.2, 0) is 51.4 Å². The number of aromatic nitrogens is 4. The molecule has 2 aromatic heterocycles. The number of hydrogen-bond donors (Lipinski definition) is 10. The number of fused-ring (bicyclic) bond motifs is 4. The summed E-state index contributed by atoms with van der Waals surface area (Å²) in [4.78, 5) is 88.2. The second kappa shape index (κ2) is 17.0. The molecule has 10 atom stereocenters. The van der Waals surface area contributed by atoms with Crippen molar-refractivity contribution in [2.75, 3.05) is 24.6 Å². The highest BCUT2D eigenvalue weighted by molar-refractivity contribution is 8.00. The van der Waals surface area contributed by atoms with E-state index < -0.39 is 71.6 Å². The maximum absolute atomic E-state index is 12.6. The zero-order valence-electron chi connectivity index (χ0n) is 30.0. The Morgan fingerprint density at radius 1 is 1.00 bits per heavy atom. The average Bonchev–Trinajstić information content (AvgIpc) is 3.91. The van der Waals surface area contributed by atoms with Crippen LogP contribution in [0.3, 0.4) is 0 Å². The minimum Gasteiger partial charge on any atom is -0.387 e. The Balaban J connectivity index is 0.878. The lowest BCUT2D eigenvalue weighted by atomic mass is 9.81. The van der Waals surface area contributed by atoms with Gasteiger partial charge in [-0.1, -0.05) is 12.8 Å². The Kier molecular flexibility index (Phi) is 13.0. The molecule has 25 nitrogen and oxygen atoms in total. The summed E-state index contributed by atoms with van der Waals surface area (Å²) in [5, 5.41) is 30.7. The Bertz CT molecular complexity index is 2080. The van der Waals surface area contributed by atoms with Crippen molar-refractivity contribution in [1.29, 1.82) is 0 Å². The van der Waals surface area contributed by atoms with Gasteiger partial charge >= 0.3 is 35.5 Å². The van der Waals surface area contributed by atoms with Crippen LogP contribution < -0.4 is 27.2 Å². The highest BCUT2D eigenvalue weighted by Gasteiger charge is 2.69. The molecule has 57 heavy (non-hydrogen) atoms. The Labute approximate surface area is 327 Å². The molecule has 29 heteroatoms. The number of phosphoric ester groups is 2.